The van der Waals surface area contributed by atoms with E-state index in [4.69, 9.17) is 11.6 Å². The van der Waals surface area contributed by atoms with Gasteiger partial charge in [0.15, 0.2) is 0 Å². The van der Waals surface area contributed by atoms with Crippen LogP contribution in [0.2, 0.25) is 5.02 Å². The maximum atomic E-state index is 14.0. The number of hydrogen-bond acceptors (Lipinski definition) is 2. The lowest BCUT2D eigenvalue weighted by molar-refractivity contribution is 0.561. The Balaban J connectivity index is 2.12. The molecule has 0 N–H and O–H groups in total. The predicted molar refractivity (Wildman–Crippen MR) is 80.7 cm³/mol. The fraction of sp³-hybridized carbons (Fsp3) is 0.200. The van der Waals surface area contributed by atoms with Crippen molar-refractivity contribution in [1.82, 2.24) is 0 Å². The predicted octanol–water partition coefficient (Wildman–Crippen LogP) is 3.62. The molecule has 110 valence electrons. The van der Waals surface area contributed by atoms with E-state index in [1.807, 2.05) is 12.1 Å². The normalized spacial score (nSPS) is 14.9. The Bertz CT molecular complexity index is 792. The first kappa shape index (κ1) is 14.4. The van der Waals surface area contributed by atoms with Gasteiger partial charge in [0.2, 0.25) is 0 Å². The number of anilines is 1. The quantitative estimate of drug-likeness (QED) is 0.845. The molecule has 6 heteroatoms. The molecule has 0 saturated carbocycles. The summed E-state index contributed by atoms with van der Waals surface area (Å²) in [6, 6.07) is 10.9. The van der Waals surface area contributed by atoms with E-state index < -0.39 is 15.8 Å². The number of benzene rings is 2. The summed E-state index contributed by atoms with van der Waals surface area (Å²) in [5.74, 6) is -0.828. The van der Waals surface area contributed by atoms with Gasteiger partial charge in [0.1, 0.15) is 10.7 Å². The fourth-order valence-corrected chi connectivity index (χ4v) is 4.30. The first-order valence-electron chi connectivity index (χ1n) is 6.56. The van der Waals surface area contributed by atoms with Gasteiger partial charge >= 0.3 is 0 Å². The van der Waals surface area contributed by atoms with Crippen molar-refractivity contribution in [1.29, 1.82) is 0 Å². The number of rotatable bonds is 2. The third-order valence-corrected chi connectivity index (χ3v) is 5.61. The van der Waals surface area contributed by atoms with Crippen LogP contribution >= 0.6 is 11.6 Å². The maximum absolute atomic E-state index is 14.0. The summed E-state index contributed by atoms with van der Waals surface area (Å²) >= 11 is 5.69. The van der Waals surface area contributed by atoms with E-state index in [-0.39, 0.29) is 9.92 Å². The molecule has 0 amide bonds. The second-order valence-corrected chi connectivity index (χ2v) is 7.15. The minimum Gasteiger partial charge on any atom is -0.266 e. The number of para-hydroxylation sites is 1. The molecule has 0 aromatic heterocycles. The molecule has 1 heterocycles. The van der Waals surface area contributed by atoms with Gasteiger partial charge in [-0.2, -0.15) is 0 Å². The molecule has 0 saturated heterocycles. The molecule has 0 unspecified atom stereocenters. The Morgan fingerprint density at radius 2 is 1.90 bits per heavy atom. The van der Waals surface area contributed by atoms with E-state index in [9.17, 15) is 12.8 Å². The SMILES string of the molecule is O=S(=O)(c1ccc(Cl)cc1F)N1CCCc2ccccc21. The highest BCUT2D eigenvalue weighted by Crippen LogP contribution is 2.32. The van der Waals surface area contributed by atoms with Crippen LogP contribution in [-0.2, 0) is 16.4 Å². The molecule has 0 bridgehead atoms. The van der Waals surface area contributed by atoms with Gasteiger partial charge in [-0.1, -0.05) is 29.8 Å². The number of sulfonamides is 1. The molecule has 1 aliphatic rings. The third kappa shape index (κ3) is 2.51. The molecule has 0 spiro atoms. The Kier molecular flexibility index (Phi) is 3.63. The van der Waals surface area contributed by atoms with Crippen LogP contribution in [0.15, 0.2) is 47.4 Å². The van der Waals surface area contributed by atoms with Crippen LogP contribution in [0.1, 0.15) is 12.0 Å². The zero-order chi connectivity index (χ0) is 15.0. The van der Waals surface area contributed by atoms with Crippen molar-refractivity contribution >= 4 is 27.3 Å². The molecule has 0 radical (unpaired) electrons. The second-order valence-electron chi connectivity index (χ2n) is 4.88. The van der Waals surface area contributed by atoms with Gasteiger partial charge in [-0.15, -0.1) is 0 Å². The second kappa shape index (κ2) is 5.31. The molecule has 3 rings (SSSR count). The van der Waals surface area contributed by atoms with E-state index >= 15 is 0 Å². The highest BCUT2D eigenvalue weighted by atomic mass is 35.5. The first-order valence-corrected chi connectivity index (χ1v) is 8.37. The highest BCUT2D eigenvalue weighted by Gasteiger charge is 2.30. The van der Waals surface area contributed by atoms with Gasteiger partial charge in [-0.05, 0) is 42.7 Å². The lowest BCUT2D eigenvalue weighted by Crippen LogP contribution is -2.35. The van der Waals surface area contributed by atoms with E-state index in [0.717, 1.165) is 18.1 Å². The highest BCUT2D eigenvalue weighted by molar-refractivity contribution is 7.92. The fourth-order valence-electron chi connectivity index (χ4n) is 2.55. The average Bonchev–Trinajstić information content (AvgIpc) is 2.46. The lowest BCUT2D eigenvalue weighted by atomic mass is 10.0. The van der Waals surface area contributed by atoms with E-state index in [0.29, 0.717) is 18.7 Å². The van der Waals surface area contributed by atoms with Gasteiger partial charge in [-0.25, -0.2) is 12.8 Å². The van der Waals surface area contributed by atoms with Crippen molar-refractivity contribution in [2.24, 2.45) is 0 Å². The standard InChI is InChI=1S/C15H13ClFNO2S/c16-12-7-8-15(13(17)10-12)21(19,20)18-9-3-5-11-4-1-2-6-14(11)18/h1-2,4,6-8,10H,3,5,9H2. The minimum atomic E-state index is -3.92. The van der Waals surface area contributed by atoms with Crippen LogP contribution in [0.3, 0.4) is 0 Å². The molecule has 0 aliphatic carbocycles. The molecule has 21 heavy (non-hydrogen) atoms. The summed E-state index contributed by atoms with van der Waals surface area (Å²) in [5, 5.41) is 0.172. The van der Waals surface area contributed by atoms with Gasteiger partial charge in [0, 0.05) is 11.6 Å². The molecule has 3 nitrogen and oxygen atoms in total. The van der Waals surface area contributed by atoms with Crippen LogP contribution in [0.5, 0.6) is 0 Å². The van der Waals surface area contributed by atoms with Crippen LogP contribution in [0.4, 0.5) is 10.1 Å². The van der Waals surface area contributed by atoms with E-state index in [1.54, 1.807) is 12.1 Å². The Morgan fingerprint density at radius 3 is 2.67 bits per heavy atom. The molecule has 2 aromatic rings. The zero-order valence-corrected chi connectivity index (χ0v) is 12.7. The van der Waals surface area contributed by atoms with Crippen molar-refractivity contribution in [3.8, 4) is 0 Å². The Labute approximate surface area is 128 Å². The summed E-state index contributed by atoms with van der Waals surface area (Å²) in [6.45, 7) is 0.349. The number of halogens is 2. The maximum Gasteiger partial charge on any atom is 0.267 e. The smallest absolute Gasteiger partial charge is 0.266 e. The molecular weight excluding hydrogens is 313 g/mol. The van der Waals surface area contributed by atoms with Gasteiger partial charge in [0.25, 0.3) is 10.0 Å². The van der Waals surface area contributed by atoms with Gasteiger partial charge in [-0.3, -0.25) is 4.31 Å². The Hall–Kier alpha value is -1.59. The summed E-state index contributed by atoms with van der Waals surface area (Å²) in [7, 11) is -3.92. The monoisotopic (exact) mass is 325 g/mol. The van der Waals surface area contributed by atoms with Crippen molar-refractivity contribution in [2.75, 3.05) is 10.8 Å². The van der Waals surface area contributed by atoms with Crippen LogP contribution < -0.4 is 4.31 Å². The van der Waals surface area contributed by atoms with Crippen LogP contribution in [-0.4, -0.2) is 15.0 Å². The van der Waals surface area contributed by atoms with Crippen LogP contribution in [0, 0.1) is 5.82 Å². The van der Waals surface area contributed by atoms with Gasteiger partial charge < -0.3 is 0 Å². The minimum absolute atomic E-state index is 0.172. The van der Waals surface area contributed by atoms with E-state index in [2.05, 4.69) is 0 Å². The summed E-state index contributed by atoms with van der Waals surface area (Å²) in [6.07, 6.45) is 1.54. The largest absolute Gasteiger partial charge is 0.267 e. The van der Waals surface area contributed by atoms with Gasteiger partial charge in [0.05, 0.1) is 5.69 Å². The molecule has 1 aliphatic heterocycles. The number of hydrogen-bond donors (Lipinski definition) is 0. The van der Waals surface area contributed by atoms with Crippen molar-refractivity contribution in [3.05, 3.63) is 58.9 Å². The first-order chi connectivity index (χ1) is 10.00. The summed E-state index contributed by atoms with van der Waals surface area (Å²) in [5.41, 5.74) is 1.58. The zero-order valence-electron chi connectivity index (χ0n) is 11.1. The topological polar surface area (TPSA) is 37.4 Å². The summed E-state index contributed by atoms with van der Waals surface area (Å²) < 4.78 is 40.7. The number of aryl methyl sites for hydroxylation is 1. The number of fused-ring (bicyclic) bond motifs is 1. The molecular formula is C15H13ClFNO2S. The van der Waals surface area contributed by atoms with Crippen molar-refractivity contribution < 1.29 is 12.8 Å². The lowest BCUT2D eigenvalue weighted by Gasteiger charge is -2.30. The van der Waals surface area contributed by atoms with Crippen molar-refractivity contribution in [3.63, 3.8) is 0 Å². The molecule has 0 atom stereocenters. The summed E-state index contributed by atoms with van der Waals surface area (Å²) in [4.78, 5) is -0.344. The van der Waals surface area contributed by atoms with Crippen molar-refractivity contribution in [2.45, 2.75) is 17.7 Å². The average molecular weight is 326 g/mol. The third-order valence-electron chi connectivity index (χ3n) is 3.53. The molecule has 2 aromatic carbocycles. The molecule has 0 fully saturated rings. The van der Waals surface area contributed by atoms with E-state index in [1.165, 1.54) is 16.4 Å². The Morgan fingerprint density at radius 1 is 1.14 bits per heavy atom. The number of nitrogens with zero attached hydrogens (tertiary/aromatic N) is 1. The van der Waals surface area contributed by atoms with Crippen LogP contribution in [0.25, 0.3) is 0 Å².